The highest BCUT2D eigenvalue weighted by atomic mass is 35.5. The number of hydrogen-bond donors (Lipinski definition) is 1. The summed E-state index contributed by atoms with van der Waals surface area (Å²) >= 11 is 18.8. The zero-order chi connectivity index (χ0) is 24.7. The van der Waals surface area contributed by atoms with E-state index in [2.05, 4.69) is 15.1 Å². The molecule has 5 rings (SSSR count). The van der Waals surface area contributed by atoms with E-state index in [1.165, 1.54) is 12.1 Å². The fourth-order valence-corrected chi connectivity index (χ4v) is 4.18. The summed E-state index contributed by atoms with van der Waals surface area (Å²) in [7, 11) is 0. The summed E-state index contributed by atoms with van der Waals surface area (Å²) < 4.78 is 6.96. The van der Waals surface area contributed by atoms with Crippen molar-refractivity contribution in [3.05, 3.63) is 102 Å². The number of rotatable bonds is 4. The molecule has 0 amide bonds. The van der Waals surface area contributed by atoms with Gasteiger partial charge in [-0.25, -0.2) is 9.78 Å². The van der Waals surface area contributed by atoms with Gasteiger partial charge in [-0.2, -0.15) is 9.78 Å². The van der Waals surface area contributed by atoms with Crippen molar-refractivity contribution < 1.29 is 4.74 Å². The summed E-state index contributed by atoms with van der Waals surface area (Å²) in [6.45, 7) is 1.97. The topological polar surface area (TPSA) is 103 Å². The molecule has 3 heterocycles. The molecule has 0 aliphatic heterocycles. The predicted octanol–water partition coefficient (Wildman–Crippen LogP) is 5.59. The highest BCUT2D eigenvalue weighted by Crippen LogP contribution is 2.39. The van der Waals surface area contributed by atoms with Gasteiger partial charge in [0.05, 0.1) is 37.7 Å². The summed E-state index contributed by atoms with van der Waals surface area (Å²) in [4.78, 5) is 34.5. The third-order valence-corrected chi connectivity index (χ3v) is 5.92. The van der Waals surface area contributed by atoms with Crippen LogP contribution < -0.4 is 16.0 Å². The maximum Gasteiger partial charge on any atom is 0.349 e. The second-order valence-electron chi connectivity index (χ2n) is 7.56. The molecular weight excluding hydrogens is 513 g/mol. The minimum atomic E-state index is -0.719. The molecule has 174 valence electrons. The molecule has 0 unspecified atom stereocenters. The van der Waals surface area contributed by atoms with Crippen LogP contribution in [0.2, 0.25) is 15.1 Å². The highest BCUT2D eigenvalue weighted by molar-refractivity contribution is 6.37. The lowest BCUT2D eigenvalue weighted by molar-refractivity contribution is 0.483. The Morgan fingerprint density at radius 1 is 0.914 bits per heavy atom. The van der Waals surface area contributed by atoms with Crippen molar-refractivity contribution in [2.75, 3.05) is 0 Å². The van der Waals surface area contributed by atoms with Crippen LogP contribution in [0.1, 0.15) is 5.56 Å². The average molecular weight is 527 g/mol. The summed E-state index contributed by atoms with van der Waals surface area (Å²) in [5.74, 6) is 0.706. The van der Waals surface area contributed by atoms with Gasteiger partial charge in [-0.05, 0) is 61.0 Å². The van der Waals surface area contributed by atoms with E-state index in [1.807, 2.05) is 31.2 Å². The first-order chi connectivity index (χ1) is 16.8. The molecule has 0 spiro atoms. The fraction of sp³-hybridized carbons (Fsp3) is 0.0417. The third-order valence-electron chi connectivity index (χ3n) is 5.14. The number of nitrogens with zero attached hydrogens (tertiary/aromatic N) is 4. The number of aromatic nitrogens is 5. The summed E-state index contributed by atoms with van der Waals surface area (Å²) in [5.41, 5.74) is 2.13. The van der Waals surface area contributed by atoms with Gasteiger partial charge in [0.25, 0.3) is 5.56 Å². The Morgan fingerprint density at radius 2 is 1.69 bits per heavy atom. The minimum absolute atomic E-state index is 0.159. The van der Waals surface area contributed by atoms with Gasteiger partial charge in [-0.15, -0.1) is 0 Å². The van der Waals surface area contributed by atoms with Crippen LogP contribution in [0.4, 0.5) is 0 Å². The average Bonchev–Trinajstić information content (AvgIpc) is 2.82. The van der Waals surface area contributed by atoms with Crippen LogP contribution in [0.5, 0.6) is 11.5 Å². The van der Waals surface area contributed by atoms with E-state index in [9.17, 15) is 9.59 Å². The zero-order valence-electron chi connectivity index (χ0n) is 17.9. The Hall–Kier alpha value is -3.72. The zero-order valence-corrected chi connectivity index (χ0v) is 20.2. The second-order valence-corrected chi connectivity index (χ2v) is 8.81. The molecule has 2 aromatic carbocycles. The molecule has 0 bridgehead atoms. The quantitative estimate of drug-likeness (QED) is 0.327. The molecule has 8 nitrogen and oxygen atoms in total. The van der Waals surface area contributed by atoms with Gasteiger partial charge >= 0.3 is 5.69 Å². The number of halogens is 3. The van der Waals surface area contributed by atoms with Gasteiger partial charge in [-0.3, -0.25) is 14.8 Å². The van der Waals surface area contributed by atoms with E-state index in [1.54, 1.807) is 18.3 Å². The first-order valence-corrected chi connectivity index (χ1v) is 11.3. The van der Waals surface area contributed by atoms with Crippen LogP contribution in [-0.2, 0) is 0 Å². The van der Waals surface area contributed by atoms with Crippen molar-refractivity contribution in [1.82, 2.24) is 24.7 Å². The number of aryl methyl sites for hydroxylation is 1. The first-order valence-electron chi connectivity index (χ1n) is 10.2. The molecule has 0 saturated carbocycles. The van der Waals surface area contributed by atoms with Crippen molar-refractivity contribution in [1.29, 1.82) is 0 Å². The van der Waals surface area contributed by atoms with Crippen molar-refractivity contribution in [2.45, 2.75) is 6.92 Å². The Morgan fingerprint density at radius 3 is 2.37 bits per heavy atom. The van der Waals surface area contributed by atoms with Crippen LogP contribution in [-0.4, -0.2) is 24.7 Å². The van der Waals surface area contributed by atoms with Crippen molar-refractivity contribution in [3.8, 4) is 28.6 Å². The largest absolute Gasteiger partial charge is 0.454 e. The van der Waals surface area contributed by atoms with E-state index in [0.29, 0.717) is 10.8 Å². The number of aromatic amines is 1. The van der Waals surface area contributed by atoms with Gasteiger partial charge in [0.2, 0.25) is 0 Å². The molecule has 35 heavy (non-hydrogen) atoms. The Kier molecular flexibility index (Phi) is 6.02. The maximum atomic E-state index is 12.0. The van der Waals surface area contributed by atoms with Gasteiger partial charge in [0.15, 0.2) is 5.75 Å². The smallest absolute Gasteiger partial charge is 0.349 e. The van der Waals surface area contributed by atoms with E-state index >= 15 is 0 Å². The molecule has 0 atom stereocenters. The van der Waals surface area contributed by atoms with Crippen LogP contribution in [0.15, 0.2) is 70.5 Å². The Labute approximate surface area is 212 Å². The fourth-order valence-electron chi connectivity index (χ4n) is 3.52. The van der Waals surface area contributed by atoms with Crippen LogP contribution in [0, 0.1) is 6.92 Å². The lowest BCUT2D eigenvalue weighted by Gasteiger charge is -2.13. The number of hydrogen-bond acceptors (Lipinski definition) is 6. The Balaban J connectivity index is 1.49. The van der Waals surface area contributed by atoms with Crippen LogP contribution in [0.3, 0.4) is 0 Å². The first kappa shape index (κ1) is 23.0. The monoisotopic (exact) mass is 525 g/mol. The van der Waals surface area contributed by atoms with E-state index in [4.69, 9.17) is 44.5 Å². The van der Waals surface area contributed by atoms with E-state index in [0.717, 1.165) is 38.7 Å². The molecule has 0 aliphatic rings. The molecule has 5 aromatic rings. The second kappa shape index (κ2) is 9.14. The van der Waals surface area contributed by atoms with Crippen molar-refractivity contribution >= 4 is 45.7 Å². The van der Waals surface area contributed by atoms with Gasteiger partial charge in [-0.1, -0.05) is 34.8 Å². The standard InChI is InChI=1S/C24H14Cl3N5O3/c1-12-6-21(20-4-2-13(25)10-28-20)30-19-5-3-15(9-16(12)19)35-23-17(26)7-14(8-18(23)27)32-24(34)31-22(33)11-29-32/h2-11H,1H3,(H,31,33,34). The van der Waals surface area contributed by atoms with Gasteiger partial charge in [0.1, 0.15) is 11.9 Å². The number of nitrogens with one attached hydrogen (secondary N) is 1. The molecule has 0 radical (unpaired) electrons. The van der Waals surface area contributed by atoms with Crippen LogP contribution >= 0.6 is 34.8 Å². The number of H-pyrrole nitrogens is 1. The molecule has 1 N–H and O–H groups in total. The summed E-state index contributed by atoms with van der Waals surface area (Å²) in [6, 6.07) is 13.9. The number of ether oxygens (including phenoxy) is 1. The lowest BCUT2D eigenvalue weighted by atomic mass is 10.1. The predicted molar refractivity (Wildman–Crippen MR) is 135 cm³/mol. The molecule has 11 heteroatoms. The molecule has 0 fully saturated rings. The van der Waals surface area contributed by atoms with Crippen molar-refractivity contribution in [3.63, 3.8) is 0 Å². The highest BCUT2D eigenvalue weighted by Gasteiger charge is 2.15. The van der Waals surface area contributed by atoms with Gasteiger partial charge in [0, 0.05) is 11.6 Å². The summed E-state index contributed by atoms with van der Waals surface area (Å²) in [6.07, 6.45) is 2.56. The Bertz CT molecular complexity index is 1690. The third kappa shape index (κ3) is 4.64. The SMILES string of the molecule is Cc1cc(-c2ccc(Cl)cn2)nc2ccc(Oc3c(Cl)cc(-n4ncc(=O)[nH]c4=O)cc3Cl)cc12. The minimum Gasteiger partial charge on any atom is -0.454 e. The van der Waals surface area contributed by atoms with Crippen molar-refractivity contribution in [2.24, 2.45) is 0 Å². The van der Waals surface area contributed by atoms with Gasteiger partial charge < -0.3 is 4.74 Å². The number of benzene rings is 2. The van der Waals surface area contributed by atoms with E-state index < -0.39 is 11.2 Å². The molecule has 3 aromatic heterocycles. The molecular formula is C24H14Cl3N5O3. The number of pyridine rings is 2. The molecule has 0 saturated heterocycles. The normalized spacial score (nSPS) is 11.1. The summed E-state index contributed by atoms with van der Waals surface area (Å²) in [5, 5.41) is 5.56. The van der Waals surface area contributed by atoms with E-state index in [-0.39, 0.29) is 21.5 Å². The van der Waals surface area contributed by atoms with Crippen LogP contribution in [0.25, 0.3) is 28.0 Å². The maximum absolute atomic E-state index is 12.0. The number of fused-ring (bicyclic) bond motifs is 1. The lowest BCUT2D eigenvalue weighted by Crippen LogP contribution is -2.30. The molecule has 0 aliphatic carbocycles.